The van der Waals surface area contributed by atoms with E-state index in [1.807, 2.05) is 19.3 Å². The third-order valence-electron chi connectivity index (χ3n) is 4.73. The van der Waals surface area contributed by atoms with Gasteiger partial charge in [-0.05, 0) is 18.9 Å². The van der Waals surface area contributed by atoms with Crippen LogP contribution in [0.4, 0.5) is 24.9 Å². The lowest BCUT2D eigenvalue weighted by Gasteiger charge is -2.23. The van der Waals surface area contributed by atoms with E-state index in [-0.39, 0.29) is 11.6 Å². The summed E-state index contributed by atoms with van der Waals surface area (Å²) < 4.78 is 37.9. The molecule has 2 aromatic heterocycles. The summed E-state index contributed by atoms with van der Waals surface area (Å²) in [4.78, 5) is 28.3. The number of hydrogen-bond acceptors (Lipinski definition) is 8. The summed E-state index contributed by atoms with van der Waals surface area (Å²) >= 11 is 0. The van der Waals surface area contributed by atoms with Gasteiger partial charge in [0, 0.05) is 37.8 Å². The lowest BCUT2D eigenvalue weighted by Crippen LogP contribution is -2.34. The van der Waals surface area contributed by atoms with Crippen molar-refractivity contribution in [2.24, 2.45) is 0 Å². The Morgan fingerprint density at radius 3 is 2.57 bits per heavy atom. The van der Waals surface area contributed by atoms with Crippen LogP contribution in [0.2, 0.25) is 0 Å². The van der Waals surface area contributed by atoms with Crippen LogP contribution in [0.25, 0.3) is 0 Å². The maximum Gasteiger partial charge on any atom is 0.490 e. The molecule has 2 fully saturated rings. The smallest absolute Gasteiger partial charge is 0.475 e. The van der Waals surface area contributed by atoms with Crippen molar-refractivity contribution in [3.63, 3.8) is 0 Å². The van der Waals surface area contributed by atoms with E-state index in [0.717, 1.165) is 43.3 Å². The van der Waals surface area contributed by atoms with Crippen molar-refractivity contribution in [2.45, 2.75) is 37.6 Å². The van der Waals surface area contributed by atoms with Crippen molar-refractivity contribution in [3.8, 4) is 0 Å². The molecule has 2 saturated heterocycles. The molecular formula is C18H21F3N6O3. The molecule has 0 amide bonds. The van der Waals surface area contributed by atoms with Crippen molar-refractivity contribution in [3.05, 3.63) is 36.5 Å². The first-order valence-corrected chi connectivity index (χ1v) is 9.17. The Bertz CT molecular complexity index is 852. The van der Waals surface area contributed by atoms with Crippen molar-refractivity contribution < 1.29 is 27.8 Å². The number of rotatable bonds is 3. The quantitative estimate of drug-likeness (QED) is 0.761. The van der Waals surface area contributed by atoms with E-state index in [4.69, 9.17) is 14.6 Å². The summed E-state index contributed by atoms with van der Waals surface area (Å²) in [5, 5.41) is 10.5. The Morgan fingerprint density at radius 2 is 1.97 bits per heavy atom. The molecule has 2 atom stereocenters. The number of hydrogen-bond donors (Lipinski definition) is 2. The number of anilines is 2. The number of aromatic nitrogens is 4. The van der Waals surface area contributed by atoms with Gasteiger partial charge in [-0.3, -0.25) is 4.98 Å². The molecule has 0 saturated carbocycles. The van der Waals surface area contributed by atoms with Crippen LogP contribution in [0.3, 0.4) is 0 Å². The Balaban J connectivity index is 0.000000318. The maximum absolute atomic E-state index is 10.6. The Labute approximate surface area is 170 Å². The zero-order chi connectivity index (χ0) is 21.8. The van der Waals surface area contributed by atoms with Gasteiger partial charge in [0.25, 0.3) is 0 Å². The fourth-order valence-corrected chi connectivity index (χ4v) is 3.37. The number of aliphatic carboxylic acids is 1. The number of nitrogens with one attached hydrogen (secondary N) is 1. The molecule has 9 nitrogen and oxygen atoms in total. The van der Waals surface area contributed by atoms with Crippen LogP contribution >= 0.6 is 0 Å². The number of carboxylic acids is 1. The second-order valence-electron chi connectivity index (χ2n) is 7.16. The Hall–Kier alpha value is -3.02. The molecule has 1 spiro atoms. The third kappa shape index (κ3) is 5.53. The molecule has 0 bridgehead atoms. The minimum Gasteiger partial charge on any atom is -0.475 e. The number of aryl methyl sites for hydroxylation is 1. The topological polar surface area (TPSA) is 113 Å². The highest BCUT2D eigenvalue weighted by Gasteiger charge is 2.46. The van der Waals surface area contributed by atoms with Gasteiger partial charge in [0.15, 0.2) is 0 Å². The molecule has 2 N–H and O–H groups in total. The first-order valence-electron chi connectivity index (χ1n) is 9.17. The first-order chi connectivity index (χ1) is 14.2. The highest BCUT2D eigenvalue weighted by atomic mass is 19.4. The third-order valence-corrected chi connectivity index (χ3v) is 4.73. The standard InChI is InChI=1S/C16H20N6O.C2HF3O2/c1-12-7-19-15(20-8-12)22-5-2-16(11-22)6-13(10-23-16)21-14-9-17-3-4-18-14;3-2(4,5)1(6)7/h3-4,7-9,13H,2,5-6,10-11H2,1H3,(H,18,21);(H,6,7). The van der Waals surface area contributed by atoms with Crippen LogP contribution in [0.1, 0.15) is 18.4 Å². The lowest BCUT2D eigenvalue weighted by molar-refractivity contribution is -0.192. The molecule has 2 aliphatic heterocycles. The molecule has 2 aliphatic rings. The van der Waals surface area contributed by atoms with Gasteiger partial charge < -0.3 is 20.1 Å². The summed E-state index contributed by atoms with van der Waals surface area (Å²) in [7, 11) is 0. The molecule has 0 aliphatic carbocycles. The van der Waals surface area contributed by atoms with Gasteiger partial charge in [0.05, 0.1) is 31.0 Å². The van der Waals surface area contributed by atoms with Crippen molar-refractivity contribution >= 4 is 17.7 Å². The molecule has 2 unspecified atom stereocenters. The van der Waals surface area contributed by atoms with Crippen molar-refractivity contribution in [2.75, 3.05) is 29.9 Å². The highest BCUT2D eigenvalue weighted by molar-refractivity contribution is 5.73. The van der Waals surface area contributed by atoms with Crippen molar-refractivity contribution in [1.82, 2.24) is 19.9 Å². The van der Waals surface area contributed by atoms with Gasteiger partial charge >= 0.3 is 12.1 Å². The number of ether oxygens (including phenoxy) is 1. The predicted molar refractivity (Wildman–Crippen MR) is 100 cm³/mol. The minimum atomic E-state index is -5.08. The number of alkyl halides is 3. The van der Waals surface area contributed by atoms with E-state index in [0.29, 0.717) is 6.61 Å². The van der Waals surface area contributed by atoms with Gasteiger partial charge in [0.1, 0.15) is 5.82 Å². The van der Waals surface area contributed by atoms with Crippen LogP contribution in [-0.2, 0) is 9.53 Å². The molecule has 0 aromatic carbocycles. The van der Waals surface area contributed by atoms with Crippen LogP contribution in [0.15, 0.2) is 31.0 Å². The second kappa shape index (κ2) is 8.78. The van der Waals surface area contributed by atoms with E-state index in [9.17, 15) is 13.2 Å². The SMILES string of the molecule is Cc1cnc(N2CCC3(CC(Nc4cnccn4)CO3)C2)nc1.O=C(O)C(F)(F)F. The maximum atomic E-state index is 10.6. The molecule has 30 heavy (non-hydrogen) atoms. The summed E-state index contributed by atoms with van der Waals surface area (Å²) in [6.45, 7) is 4.47. The first kappa shape index (κ1) is 21.7. The minimum absolute atomic E-state index is 0.103. The van der Waals surface area contributed by atoms with Crippen molar-refractivity contribution in [1.29, 1.82) is 0 Å². The summed E-state index contributed by atoms with van der Waals surface area (Å²) in [6.07, 6.45) is 5.72. The molecule has 162 valence electrons. The fourth-order valence-electron chi connectivity index (χ4n) is 3.37. The van der Waals surface area contributed by atoms with E-state index in [1.165, 1.54) is 0 Å². The van der Waals surface area contributed by atoms with E-state index in [1.54, 1.807) is 18.6 Å². The monoisotopic (exact) mass is 426 g/mol. The molecule has 4 heterocycles. The number of carbonyl (C=O) groups is 1. The van der Waals surface area contributed by atoms with Crippen LogP contribution in [0, 0.1) is 6.92 Å². The van der Waals surface area contributed by atoms with Gasteiger partial charge in [-0.1, -0.05) is 0 Å². The largest absolute Gasteiger partial charge is 0.490 e. The summed E-state index contributed by atoms with van der Waals surface area (Å²) in [5.74, 6) is -1.16. The lowest BCUT2D eigenvalue weighted by atomic mass is 9.97. The van der Waals surface area contributed by atoms with Crippen LogP contribution in [0.5, 0.6) is 0 Å². The fraction of sp³-hybridized carbons (Fsp3) is 0.500. The second-order valence-corrected chi connectivity index (χ2v) is 7.16. The number of halogens is 3. The summed E-state index contributed by atoms with van der Waals surface area (Å²) in [6, 6.07) is 0.269. The van der Waals surface area contributed by atoms with Gasteiger partial charge in [0.2, 0.25) is 5.95 Å². The van der Waals surface area contributed by atoms with E-state index >= 15 is 0 Å². The molecule has 4 rings (SSSR count). The molecule has 2 aromatic rings. The Kier molecular flexibility index (Phi) is 6.34. The van der Waals surface area contributed by atoms with Crippen LogP contribution in [-0.4, -0.2) is 68.5 Å². The zero-order valence-electron chi connectivity index (χ0n) is 16.1. The normalized spacial score (nSPS) is 23.2. The average molecular weight is 426 g/mol. The predicted octanol–water partition coefficient (Wildman–Crippen LogP) is 2.06. The van der Waals surface area contributed by atoms with Gasteiger partial charge in [-0.2, -0.15) is 13.2 Å². The number of carboxylic acid groups (broad SMARTS) is 1. The van der Waals surface area contributed by atoms with E-state index < -0.39 is 12.1 Å². The summed E-state index contributed by atoms with van der Waals surface area (Å²) in [5.41, 5.74) is 0.974. The molecular weight excluding hydrogens is 405 g/mol. The highest BCUT2D eigenvalue weighted by Crippen LogP contribution is 2.37. The molecule has 12 heteroatoms. The molecule has 0 radical (unpaired) electrons. The van der Waals surface area contributed by atoms with E-state index in [2.05, 4.69) is 30.2 Å². The number of nitrogens with zero attached hydrogens (tertiary/aromatic N) is 5. The average Bonchev–Trinajstić information content (AvgIpc) is 3.29. The Morgan fingerprint density at radius 1 is 1.27 bits per heavy atom. The van der Waals surface area contributed by atoms with Gasteiger partial charge in [-0.15, -0.1) is 0 Å². The zero-order valence-corrected chi connectivity index (χ0v) is 16.1. The van der Waals surface area contributed by atoms with Crippen LogP contribution < -0.4 is 10.2 Å². The van der Waals surface area contributed by atoms with Gasteiger partial charge in [-0.25, -0.2) is 19.7 Å².